The van der Waals surface area contributed by atoms with Gasteiger partial charge in [-0.2, -0.15) is 0 Å². The molecule has 0 unspecified atom stereocenters. The van der Waals surface area contributed by atoms with E-state index in [1.54, 1.807) is 12.1 Å². The summed E-state index contributed by atoms with van der Waals surface area (Å²) in [6.07, 6.45) is 3.99. The Labute approximate surface area is 90.4 Å². The van der Waals surface area contributed by atoms with E-state index in [0.29, 0.717) is 0 Å². The Bertz CT molecular complexity index is 390. The van der Waals surface area contributed by atoms with E-state index in [1.165, 1.54) is 0 Å². The van der Waals surface area contributed by atoms with Gasteiger partial charge in [-0.3, -0.25) is 10.1 Å². The van der Waals surface area contributed by atoms with Crippen molar-refractivity contribution in [1.82, 2.24) is 0 Å². The zero-order valence-corrected chi connectivity index (χ0v) is 9.21. The van der Waals surface area contributed by atoms with Crippen LogP contribution in [0.5, 0.6) is 0 Å². The van der Waals surface area contributed by atoms with Gasteiger partial charge in [-0.25, -0.2) is 0 Å². The number of hydrogen-bond acceptors (Lipinski definition) is 2. The van der Waals surface area contributed by atoms with Gasteiger partial charge in [-0.15, -0.1) is 0 Å². The second-order valence-corrected chi connectivity index (χ2v) is 4.34. The molecule has 0 radical (unpaired) electrons. The first kappa shape index (κ1) is 9.65. The van der Waals surface area contributed by atoms with Gasteiger partial charge in [0.05, 0.1) is 4.92 Å². The average molecular weight is 256 g/mol. The van der Waals surface area contributed by atoms with Gasteiger partial charge in [0.15, 0.2) is 0 Å². The van der Waals surface area contributed by atoms with Gasteiger partial charge in [0.1, 0.15) is 0 Å². The van der Waals surface area contributed by atoms with Crippen molar-refractivity contribution in [3.05, 3.63) is 37.8 Å². The third-order valence-corrected chi connectivity index (χ3v) is 3.39. The van der Waals surface area contributed by atoms with Gasteiger partial charge in [-0.1, -0.05) is 15.9 Å². The predicted octanol–water partition coefficient (Wildman–Crippen LogP) is 3.24. The van der Waals surface area contributed by atoms with Crippen molar-refractivity contribution in [3.8, 4) is 0 Å². The van der Waals surface area contributed by atoms with E-state index in [-0.39, 0.29) is 10.6 Å². The summed E-state index contributed by atoms with van der Waals surface area (Å²) in [5.74, 6) is 0. The van der Waals surface area contributed by atoms with Crippen LogP contribution in [-0.2, 0) is 12.8 Å². The molecule has 0 spiro atoms. The van der Waals surface area contributed by atoms with Gasteiger partial charge in [0, 0.05) is 16.1 Å². The highest BCUT2D eigenvalue weighted by atomic mass is 79.9. The second kappa shape index (κ2) is 3.69. The van der Waals surface area contributed by atoms with Crippen LogP contribution in [0.25, 0.3) is 0 Å². The molecule has 0 amide bonds. The molecule has 74 valence electrons. The van der Waals surface area contributed by atoms with E-state index >= 15 is 0 Å². The molecule has 0 aromatic heterocycles. The summed E-state index contributed by atoms with van der Waals surface area (Å²) in [7, 11) is 0. The van der Waals surface area contributed by atoms with Crippen LogP contribution in [0.1, 0.15) is 24.0 Å². The highest BCUT2D eigenvalue weighted by Crippen LogP contribution is 2.34. The number of halogens is 1. The molecule has 2 rings (SSSR count). The van der Waals surface area contributed by atoms with Gasteiger partial charge in [0.2, 0.25) is 0 Å². The molecule has 0 N–H and O–H groups in total. The van der Waals surface area contributed by atoms with Crippen LogP contribution < -0.4 is 0 Å². The van der Waals surface area contributed by atoms with Crippen molar-refractivity contribution in [2.75, 3.05) is 0 Å². The van der Waals surface area contributed by atoms with Crippen molar-refractivity contribution in [2.45, 2.75) is 25.7 Å². The number of benzene rings is 1. The van der Waals surface area contributed by atoms with E-state index in [9.17, 15) is 10.1 Å². The fourth-order valence-electron chi connectivity index (χ4n) is 1.98. The van der Waals surface area contributed by atoms with Crippen molar-refractivity contribution in [3.63, 3.8) is 0 Å². The van der Waals surface area contributed by atoms with Gasteiger partial charge in [0.25, 0.3) is 5.69 Å². The maximum atomic E-state index is 10.8. The lowest BCUT2D eigenvalue weighted by molar-refractivity contribution is -0.385. The fourth-order valence-corrected chi connectivity index (χ4v) is 2.55. The van der Waals surface area contributed by atoms with E-state index in [1.807, 2.05) is 0 Å². The molecule has 0 heterocycles. The standard InChI is InChI=1S/C10H10BrNO2/c11-9-5-6-10(12(13)14)8-4-2-1-3-7(8)9/h5-6H,1-4H2. The molecule has 4 heteroatoms. The summed E-state index contributed by atoms with van der Waals surface area (Å²) in [5.41, 5.74) is 2.34. The van der Waals surface area contributed by atoms with Crippen LogP contribution in [0.15, 0.2) is 16.6 Å². The molecule has 1 aliphatic rings. The van der Waals surface area contributed by atoms with Crippen molar-refractivity contribution < 1.29 is 4.92 Å². The Hall–Kier alpha value is -0.900. The van der Waals surface area contributed by atoms with Crippen LogP contribution >= 0.6 is 15.9 Å². The van der Waals surface area contributed by atoms with Crippen LogP contribution in [0.2, 0.25) is 0 Å². The van der Waals surface area contributed by atoms with Crippen molar-refractivity contribution >= 4 is 21.6 Å². The Balaban J connectivity index is 2.59. The lowest BCUT2D eigenvalue weighted by atomic mass is 9.90. The van der Waals surface area contributed by atoms with Crippen LogP contribution in [0.3, 0.4) is 0 Å². The monoisotopic (exact) mass is 255 g/mol. The normalized spacial score (nSPS) is 14.9. The first-order valence-electron chi connectivity index (χ1n) is 4.65. The second-order valence-electron chi connectivity index (χ2n) is 3.49. The number of rotatable bonds is 1. The summed E-state index contributed by atoms with van der Waals surface area (Å²) in [6, 6.07) is 3.37. The van der Waals surface area contributed by atoms with E-state index in [2.05, 4.69) is 15.9 Å². The summed E-state index contributed by atoms with van der Waals surface area (Å²) in [4.78, 5) is 10.5. The van der Waals surface area contributed by atoms with E-state index < -0.39 is 0 Å². The molecule has 0 fully saturated rings. The fraction of sp³-hybridized carbons (Fsp3) is 0.400. The Kier molecular flexibility index (Phi) is 2.54. The quantitative estimate of drug-likeness (QED) is 0.571. The predicted molar refractivity (Wildman–Crippen MR) is 57.4 cm³/mol. The van der Waals surface area contributed by atoms with E-state index in [4.69, 9.17) is 0 Å². The lowest BCUT2D eigenvalue weighted by Gasteiger charge is -2.16. The third-order valence-electron chi connectivity index (χ3n) is 2.65. The molecular weight excluding hydrogens is 246 g/mol. The molecule has 1 aliphatic carbocycles. The summed E-state index contributed by atoms with van der Waals surface area (Å²) in [5, 5.41) is 10.8. The van der Waals surface area contributed by atoms with Crippen molar-refractivity contribution in [2.24, 2.45) is 0 Å². The van der Waals surface area contributed by atoms with Crippen LogP contribution in [0, 0.1) is 10.1 Å². The van der Waals surface area contributed by atoms with E-state index in [0.717, 1.165) is 41.3 Å². The number of fused-ring (bicyclic) bond motifs is 1. The number of nitrogens with zero attached hydrogens (tertiary/aromatic N) is 1. The summed E-state index contributed by atoms with van der Waals surface area (Å²) in [6.45, 7) is 0. The molecule has 0 bridgehead atoms. The van der Waals surface area contributed by atoms with Crippen molar-refractivity contribution in [1.29, 1.82) is 0 Å². The first-order chi connectivity index (χ1) is 6.70. The molecule has 0 saturated heterocycles. The Morgan fingerprint density at radius 3 is 2.50 bits per heavy atom. The molecule has 0 aliphatic heterocycles. The number of hydrogen-bond donors (Lipinski definition) is 0. The average Bonchev–Trinajstić information content (AvgIpc) is 2.18. The van der Waals surface area contributed by atoms with Gasteiger partial charge >= 0.3 is 0 Å². The molecule has 0 atom stereocenters. The third kappa shape index (κ3) is 1.54. The van der Waals surface area contributed by atoms with Crippen LogP contribution in [-0.4, -0.2) is 4.92 Å². The molecular formula is C10H10BrNO2. The molecule has 1 aromatic rings. The molecule has 3 nitrogen and oxygen atoms in total. The topological polar surface area (TPSA) is 43.1 Å². The SMILES string of the molecule is O=[N+]([O-])c1ccc(Br)c2c1CCCC2. The molecule has 14 heavy (non-hydrogen) atoms. The highest BCUT2D eigenvalue weighted by Gasteiger charge is 2.21. The first-order valence-corrected chi connectivity index (χ1v) is 5.44. The zero-order chi connectivity index (χ0) is 10.1. The van der Waals surface area contributed by atoms with Gasteiger partial charge in [-0.05, 0) is 37.3 Å². The Morgan fingerprint density at radius 2 is 1.86 bits per heavy atom. The number of nitro groups is 1. The molecule has 1 aromatic carbocycles. The maximum absolute atomic E-state index is 10.8. The minimum absolute atomic E-state index is 0.280. The smallest absolute Gasteiger partial charge is 0.258 e. The maximum Gasteiger partial charge on any atom is 0.272 e. The minimum atomic E-state index is -0.281. The highest BCUT2D eigenvalue weighted by molar-refractivity contribution is 9.10. The Morgan fingerprint density at radius 1 is 1.21 bits per heavy atom. The lowest BCUT2D eigenvalue weighted by Crippen LogP contribution is -2.06. The minimum Gasteiger partial charge on any atom is -0.258 e. The van der Waals surface area contributed by atoms with Gasteiger partial charge < -0.3 is 0 Å². The number of nitro benzene ring substituents is 1. The zero-order valence-electron chi connectivity index (χ0n) is 7.62. The van der Waals surface area contributed by atoms with Crippen LogP contribution in [0.4, 0.5) is 5.69 Å². The molecule has 0 saturated carbocycles. The largest absolute Gasteiger partial charge is 0.272 e. The summed E-state index contributed by atoms with van der Waals surface area (Å²) >= 11 is 3.44. The summed E-state index contributed by atoms with van der Waals surface area (Å²) < 4.78 is 1.01.